The Morgan fingerprint density at radius 1 is 0.389 bits per heavy atom. The molecule has 1 aliphatic carbocycles. The SMILES string of the molecule is CC1(C)c2cc(-c3ccc(-c4cc(-c5ccc6c(c5)oc5ccccc56)nc(-c5ccccc5)n4)c4ccccc34)ccc2-c2cc3ccccc3cc21. The molecule has 0 unspecified atom stereocenters. The monoisotopic (exact) mass is 690 g/mol. The van der Waals surface area contributed by atoms with Gasteiger partial charge in [-0.05, 0) is 97.4 Å². The zero-order chi connectivity index (χ0) is 36.0. The van der Waals surface area contributed by atoms with E-state index in [1.54, 1.807) is 0 Å². The average molecular weight is 691 g/mol. The number of hydrogen-bond donors (Lipinski definition) is 0. The molecular formula is C51H34N2O. The van der Waals surface area contributed by atoms with Gasteiger partial charge in [-0.15, -0.1) is 0 Å². The Morgan fingerprint density at radius 2 is 1.00 bits per heavy atom. The van der Waals surface area contributed by atoms with Crippen molar-refractivity contribution in [2.24, 2.45) is 0 Å². The Hall–Kier alpha value is -6.84. The quantitative estimate of drug-likeness (QED) is 0.184. The zero-order valence-corrected chi connectivity index (χ0v) is 30.0. The van der Waals surface area contributed by atoms with Gasteiger partial charge in [-0.3, -0.25) is 0 Å². The number of furan rings is 1. The molecule has 0 radical (unpaired) electrons. The van der Waals surface area contributed by atoms with E-state index in [0.29, 0.717) is 5.82 Å². The van der Waals surface area contributed by atoms with Gasteiger partial charge in [-0.1, -0.05) is 141 Å². The van der Waals surface area contributed by atoms with E-state index in [0.717, 1.165) is 55.4 Å². The standard InChI is InChI=1S/C51H34N2O/c1-51(2)44-28-34(20-22-39(44)43-26-32-14-6-7-15-33(32)27-45(43)51)36-24-25-40(38-17-9-8-16-37(36)38)47-30-46(52-50(53-47)31-12-4-3-5-13-31)35-21-23-42-41-18-10-11-19-48(41)54-49(42)29-35/h3-30H,1-2H3. The highest BCUT2D eigenvalue weighted by molar-refractivity contribution is 6.07. The van der Waals surface area contributed by atoms with E-state index in [2.05, 4.69) is 153 Å². The molecule has 0 spiro atoms. The highest BCUT2D eigenvalue weighted by Gasteiger charge is 2.36. The smallest absolute Gasteiger partial charge is 0.160 e. The summed E-state index contributed by atoms with van der Waals surface area (Å²) in [6, 6.07) is 60.7. The number of hydrogen-bond acceptors (Lipinski definition) is 3. The van der Waals surface area contributed by atoms with Crippen molar-refractivity contribution >= 4 is 43.5 Å². The van der Waals surface area contributed by atoms with Gasteiger partial charge in [-0.2, -0.15) is 0 Å². The van der Waals surface area contributed by atoms with Crippen LogP contribution in [0.15, 0.2) is 174 Å². The van der Waals surface area contributed by atoms with E-state index in [9.17, 15) is 0 Å². The first kappa shape index (κ1) is 30.8. The molecule has 11 rings (SSSR count). The molecule has 0 fully saturated rings. The molecule has 10 aromatic rings. The third kappa shape index (κ3) is 4.68. The second kappa shape index (κ2) is 11.6. The minimum absolute atomic E-state index is 0.114. The van der Waals surface area contributed by atoms with Crippen molar-refractivity contribution in [3.8, 4) is 56.2 Å². The van der Waals surface area contributed by atoms with Gasteiger partial charge in [0, 0.05) is 32.9 Å². The molecule has 254 valence electrons. The first-order chi connectivity index (χ1) is 26.5. The Kier molecular flexibility index (Phi) is 6.60. The van der Waals surface area contributed by atoms with Crippen molar-refractivity contribution < 1.29 is 4.42 Å². The van der Waals surface area contributed by atoms with Gasteiger partial charge in [0.1, 0.15) is 11.2 Å². The number of para-hydroxylation sites is 1. The Balaban J connectivity index is 1.06. The van der Waals surface area contributed by atoms with Crippen LogP contribution in [0.1, 0.15) is 25.0 Å². The minimum atomic E-state index is -0.114. The molecule has 0 aliphatic heterocycles. The molecule has 0 atom stereocenters. The van der Waals surface area contributed by atoms with Gasteiger partial charge >= 0.3 is 0 Å². The molecule has 2 heterocycles. The van der Waals surface area contributed by atoms with Crippen LogP contribution in [0, 0.1) is 0 Å². The molecule has 0 saturated heterocycles. The maximum Gasteiger partial charge on any atom is 0.160 e. The molecule has 0 saturated carbocycles. The Bertz CT molecular complexity index is 3130. The predicted molar refractivity (Wildman–Crippen MR) is 224 cm³/mol. The van der Waals surface area contributed by atoms with Crippen molar-refractivity contribution in [3.63, 3.8) is 0 Å². The highest BCUT2D eigenvalue weighted by atomic mass is 16.3. The summed E-state index contributed by atoms with van der Waals surface area (Å²) in [5.74, 6) is 0.689. The second-order valence-electron chi connectivity index (χ2n) is 15.0. The number of aromatic nitrogens is 2. The van der Waals surface area contributed by atoms with Crippen LogP contribution in [-0.2, 0) is 5.41 Å². The summed E-state index contributed by atoms with van der Waals surface area (Å²) in [7, 11) is 0. The van der Waals surface area contributed by atoms with Crippen LogP contribution >= 0.6 is 0 Å². The van der Waals surface area contributed by atoms with Crippen molar-refractivity contribution in [1.29, 1.82) is 0 Å². The lowest BCUT2D eigenvalue weighted by Gasteiger charge is -2.22. The van der Waals surface area contributed by atoms with Crippen LogP contribution in [0.4, 0.5) is 0 Å². The van der Waals surface area contributed by atoms with Crippen LogP contribution in [0.3, 0.4) is 0 Å². The first-order valence-electron chi connectivity index (χ1n) is 18.6. The number of fused-ring (bicyclic) bond motifs is 8. The molecule has 3 heteroatoms. The molecule has 0 bridgehead atoms. The van der Waals surface area contributed by atoms with Gasteiger partial charge in [0.25, 0.3) is 0 Å². The number of rotatable bonds is 4. The van der Waals surface area contributed by atoms with Crippen molar-refractivity contribution in [1.82, 2.24) is 9.97 Å². The van der Waals surface area contributed by atoms with Crippen LogP contribution in [0.5, 0.6) is 0 Å². The lowest BCUT2D eigenvalue weighted by Crippen LogP contribution is -2.15. The Labute approximate surface area is 313 Å². The number of nitrogens with zero attached hydrogens (tertiary/aromatic N) is 2. The molecule has 54 heavy (non-hydrogen) atoms. The van der Waals surface area contributed by atoms with E-state index < -0.39 is 0 Å². The van der Waals surface area contributed by atoms with Crippen molar-refractivity contribution in [2.75, 3.05) is 0 Å². The van der Waals surface area contributed by atoms with Crippen LogP contribution in [0.25, 0.3) is 99.6 Å². The molecule has 0 N–H and O–H groups in total. The van der Waals surface area contributed by atoms with E-state index in [4.69, 9.17) is 14.4 Å². The summed E-state index contributed by atoms with van der Waals surface area (Å²) < 4.78 is 6.29. The molecular weight excluding hydrogens is 657 g/mol. The van der Waals surface area contributed by atoms with E-state index in [1.165, 1.54) is 49.5 Å². The summed E-state index contributed by atoms with van der Waals surface area (Å²) in [5.41, 5.74) is 14.2. The molecule has 2 aromatic heterocycles. The lowest BCUT2D eigenvalue weighted by atomic mass is 9.81. The third-order valence-electron chi connectivity index (χ3n) is 11.5. The molecule has 0 amide bonds. The fraction of sp³-hybridized carbons (Fsp3) is 0.0588. The lowest BCUT2D eigenvalue weighted by molar-refractivity contribution is 0.661. The summed E-state index contributed by atoms with van der Waals surface area (Å²) in [4.78, 5) is 10.4. The third-order valence-corrected chi connectivity index (χ3v) is 11.5. The first-order valence-corrected chi connectivity index (χ1v) is 18.6. The van der Waals surface area contributed by atoms with Gasteiger partial charge < -0.3 is 4.42 Å². The van der Waals surface area contributed by atoms with Crippen LogP contribution in [0.2, 0.25) is 0 Å². The summed E-state index contributed by atoms with van der Waals surface area (Å²) in [6.45, 7) is 4.72. The van der Waals surface area contributed by atoms with E-state index in [-0.39, 0.29) is 5.41 Å². The van der Waals surface area contributed by atoms with Gasteiger partial charge in [0.05, 0.1) is 11.4 Å². The average Bonchev–Trinajstić information content (AvgIpc) is 3.70. The van der Waals surface area contributed by atoms with Gasteiger partial charge in [0.15, 0.2) is 5.82 Å². The minimum Gasteiger partial charge on any atom is -0.456 e. The molecule has 3 nitrogen and oxygen atoms in total. The predicted octanol–water partition coefficient (Wildman–Crippen LogP) is 13.7. The highest BCUT2D eigenvalue weighted by Crippen LogP contribution is 2.51. The molecule has 1 aliphatic rings. The normalized spacial score (nSPS) is 13.1. The Morgan fingerprint density at radius 3 is 1.83 bits per heavy atom. The summed E-state index contributed by atoms with van der Waals surface area (Å²) in [6.07, 6.45) is 0. The van der Waals surface area contributed by atoms with Crippen LogP contribution in [-0.4, -0.2) is 9.97 Å². The van der Waals surface area contributed by atoms with Crippen molar-refractivity contribution in [3.05, 3.63) is 181 Å². The topological polar surface area (TPSA) is 38.9 Å². The maximum absolute atomic E-state index is 6.29. The van der Waals surface area contributed by atoms with E-state index >= 15 is 0 Å². The largest absolute Gasteiger partial charge is 0.456 e. The van der Waals surface area contributed by atoms with Gasteiger partial charge in [-0.25, -0.2) is 9.97 Å². The van der Waals surface area contributed by atoms with Gasteiger partial charge in [0.2, 0.25) is 0 Å². The second-order valence-corrected chi connectivity index (χ2v) is 15.0. The number of benzene rings is 8. The van der Waals surface area contributed by atoms with E-state index in [1.807, 2.05) is 30.3 Å². The summed E-state index contributed by atoms with van der Waals surface area (Å²) >= 11 is 0. The molecule has 8 aromatic carbocycles. The zero-order valence-electron chi connectivity index (χ0n) is 30.0. The fourth-order valence-electron chi connectivity index (χ4n) is 8.70. The maximum atomic E-state index is 6.29. The van der Waals surface area contributed by atoms with Crippen LogP contribution < -0.4 is 0 Å². The summed E-state index contributed by atoms with van der Waals surface area (Å²) in [5, 5.41) is 7.13. The van der Waals surface area contributed by atoms with Crippen molar-refractivity contribution in [2.45, 2.75) is 19.3 Å². The fourth-order valence-corrected chi connectivity index (χ4v) is 8.70.